The lowest BCUT2D eigenvalue weighted by atomic mass is 10.5. The Hall–Kier alpha value is -1.58. The third kappa shape index (κ3) is 3.55. The Bertz CT molecular complexity index is 277. The first-order chi connectivity index (χ1) is 6.33. The zero-order valence-corrected chi connectivity index (χ0v) is 7.40. The third-order valence-corrected chi connectivity index (χ3v) is 1.29. The van der Waals surface area contributed by atoms with Gasteiger partial charge in [0, 0.05) is 0 Å². The molecule has 4 nitrogen and oxygen atoms in total. The Balaban J connectivity index is 2.30. The van der Waals surface area contributed by atoms with E-state index < -0.39 is 0 Å². The highest BCUT2D eigenvalue weighted by molar-refractivity contribution is 5.79. The van der Waals surface area contributed by atoms with Crippen molar-refractivity contribution in [1.29, 1.82) is 0 Å². The first-order valence-electron chi connectivity index (χ1n) is 4.02. The molecule has 0 aliphatic carbocycles. The van der Waals surface area contributed by atoms with Crippen LogP contribution in [0.2, 0.25) is 0 Å². The van der Waals surface area contributed by atoms with Crippen LogP contribution in [0.1, 0.15) is 12.7 Å². The molecule has 1 aromatic heterocycles. The summed E-state index contributed by atoms with van der Waals surface area (Å²) in [5.41, 5.74) is 0. The van der Waals surface area contributed by atoms with Gasteiger partial charge >= 0.3 is 5.97 Å². The number of furan rings is 1. The molecular weight excluding hydrogens is 170 g/mol. The second kappa shape index (κ2) is 5.13. The van der Waals surface area contributed by atoms with Gasteiger partial charge in [-0.3, -0.25) is 9.79 Å². The lowest BCUT2D eigenvalue weighted by molar-refractivity contribution is -0.141. The molecule has 0 bridgehead atoms. The van der Waals surface area contributed by atoms with E-state index in [4.69, 9.17) is 4.42 Å². The summed E-state index contributed by atoms with van der Waals surface area (Å²) in [5.74, 6) is 0.301. The van der Waals surface area contributed by atoms with Crippen LogP contribution in [0.15, 0.2) is 27.8 Å². The quantitative estimate of drug-likeness (QED) is 0.519. The van der Waals surface area contributed by atoms with Crippen LogP contribution in [-0.4, -0.2) is 25.3 Å². The summed E-state index contributed by atoms with van der Waals surface area (Å²) in [5, 5.41) is 0. The van der Waals surface area contributed by atoms with Gasteiger partial charge in [-0.25, -0.2) is 0 Å². The molecule has 0 N–H and O–H groups in total. The van der Waals surface area contributed by atoms with Crippen LogP contribution in [-0.2, 0) is 9.53 Å². The minimum atomic E-state index is -0.328. The monoisotopic (exact) mass is 181 g/mol. The molecule has 0 unspecified atom stereocenters. The Labute approximate surface area is 76.2 Å². The largest absolute Gasteiger partial charge is 0.465 e. The van der Waals surface area contributed by atoms with E-state index in [1.54, 1.807) is 25.3 Å². The van der Waals surface area contributed by atoms with Gasteiger partial charge in [0.15, 0.2) is 0 Å². The number of rotatable bonds is 4. The molecule has 0 saturated carbocycles. The molecule has 0 radical (unpaired) electrons. The number of carbonyl (C=O) groups is 1. The number of hydrogen-bond donors (Lipinski definition) is 0. The average molecular weight is 181 g/mol. The van der Waals surface area contributed by atoms with Crippen LogP contribution in [0.4, 0.5) is 0 Å². The maximum atomic E-state index is 10.8. The van der Waals surface area contributed by atoms with Crippen molar-refractivity contribution in [3.05, 3.63) is 24.2 Å². The number of carbonyl (C=O) groups excluding carboxylic acids is 1. The summed E-state index contributed by atoms with van der Waals surface area (Å²) in [4.78, 5) is 14.6. The fourth-order valence-electron chi connectivity index (χ4n) is 0.782. The molecule has 0 atom stereocenters. The Morgan fingerprint density at radius 2 is 2.62 bits per heavy atom. The van der Waals surface area contributed by atoms with Crippen molar-refractivity contribution in [3.63, 3.8) is 0 Å². The van der Waals surface area contributed by atoms with E-state index in [1.807, 2.05) is 0 Å². The van der Waals surface area contributed by atoms with Crippen LogP contribution in [0.5, 0.6) is 0 Å². The van der Waals surface area contributed by atoms with Crippen molar-refractivity contribution < 1.29 is 13.9 Å². The predicted octanol–water partition coefficient (Wildman–Crippen LogP) is 1.26. The smallest absolute Gasteiger partial charge is 0.327 e. The predicted molar refractivity (Wildman–Crippen MR) is 47.8 cm³/mol. The van der Waals surface area contributed by atoms with Gasteiger partial charge in [0.05, 0.1) is 19.1 Å². The first kappa shape index (κ1) is 9.51. The fraction of sp³-hybridized carbons (Fsp3) is 0.333. The molecule has 0 aliphatic heterocycles. The van der Waals surface area contributed by atoms with Gasteiger partial charge < -0.3 is 9.15 Å². The van der Waals surface area contributed by atoms with Crippen molar-refractivity contribution in [3.8, 4) is 0 Å². The Morgan fingerprint density at radius 1 is 1.77 bits per heavy atom. The van der Waals surface area contributed by atoms with E-state index in [1.165, 1.54) is 6.21 Å². The number of ether oxygens (including phenoxy) is 1. The van der Waals surface area contributed by atoms with E-state index in [2.05, 4.69) is 9.73 Å². The molecule has 0 amide bonds. The molecule has 0 spiro atoms. The van der Waals surface area contributed by atoms with Gasteiger partial charge in [-0.1, -0.05) is 0 Å². The molecule has 0 aromatic carbocycles. The highest BCUT2D eigenvalue weighted by Gasteiger charge is 1.97. The summed E-state index contributed by atoms with van der Waals surface area (Å²) in [7, 11) is 0. The van der Waals surface area contributed by atoms with Crippen molar-refractivity contribution in [2.24, 2.45) is 4.99 Å². The maximum Gasteiger partial charge on any atom is 0.327 e. The van der Waals surface area contributed by atoms with Crippen LogP contribution >= 0.6 is 0 Å². The summed E-state index contributed by atoms with van der Waals surface area (Å²) < 4.78 is 9.65. The van der Waals surface area contributed by atoms with Crippen LogP contribution in [0.25, 0.3) is 0 Å². The highest BCUT2D eigenvalue weighted by Crippen LogP contribution is 1.94. The third-order valence-electron chi connectivity index (χ3n) is 1.29. The molecule has 1 heterocycles. The van der Waals surface area contributed by atoms with Gasteiger partial charge in [0.2, 0.25) is 0 Å². The summed E-state index contributed by atoms with van der Waals surface area (Å²) in [6.07, 6.45) is 3.04. The molecule has 1 rings (SSSR count). The van der Waals surface area contributed by atoms with Gasteiger partial charge in [0.25, 0.3) is 0 Å². The summed E-state index contributed by atoms with van der Waals surface area (Å²) in [6, 6.07) is 3.51. The molecule has 13 heavy (non-hydrogen) atoms. The maximum absolute atomic E-state index is 10.8. The van der Waals surface area contributed by atoms with E-state index >= 15 is 0 Å². The van der Waals surface area contributed by atoms with Crippen molar-refractivity contribution in [2.75, 3.05) is 13.2 Å². The minimum Gasteiger partial charge on any atom is -0.465 e. The van der Waals surface area contributed by atoms with E-state index in [-0.39, 0.29) is 12.5 Å². The number of esters is 1. The Kier molecular flexibility index (Phi) is 3.75. The van der Waals surface area contributed by atoms with Crippen molar-refractivity contribution in [2.45, 2.75) is 6.92 Å². The van der Waals surface area contributed by atoms with Gasteiger partial charge in [-0.15, -0.1) is 0 Å². The number of aliphatic imine (C=N–C) groups is 1. The van der Waals surface area contributed by atoms with E-state index in [0.717, 1.165) is 0 Å². The first-order valence-corrected chi connectivity index (χ1v) is 4.02. The van der Waals surface area contributed by atoms with E-state index in [9.17, 15) is 4.79 Å². The summed E-state index contributed by atoms with van der Waals surface area (Å²) >= 11 is 0. The molecule has 1 aromatic rings. The van der Waals surface area contributed by atoms with Crippen LogP contribution in [0.3, 0.4) is 0 Å². The second-order valence-electron chi connectivity index (χ2n) is 2.29. The molecule has 0 fully saturated rings. The van der Waals surface area contributed by atoms with Crippen molar-refractivity contribution in [1.82, 2.24) is 0 Å². The average Bonchev–Trinajstić information content (AvgIpc) is 2.57. The molecule has 4 heteroatoms. The molecule has 70 valence electrons. The lowest BCUT2D eigenvalue weighted by Gasteiger charge is -1.95. The topological polar surface area (TPSA) is 51.8 Å². The number of hydrogen-bond acceptors (Lipinski definition) is 4. The van der Waals surface area contributed by atoms with Gasteiger partial charge in [-0.2, -0.15) is 0 Å². The highest BCUT2D eigenvalue weighted by atomic mass is 16.5. The normalized spacial score (nSPS) is 10.5. The van der Waals surface area contributed by atoms with Gasteiger partial charge in [0.1, 0.15) is 12.3 Å². The van der Waals surface area contributed by atoms with E-state index in [0.29, 0.717) is 12.4 Å². The minimum absolute atomic E-state index is 0.0362. The standard InChI is InChI=1S/C9H11NO3/c1-2-12-9(11)7-10-6-8-4-3-5-13-8/h3-6H,2,7H2,1H3/b10-6-. The SMILES string of the molecule is CCOC(=O)C/N=C\c1ccco1. The zero-order valence-electron chi connectivity index (χ0n) is 7.40. The lowest BCUT2D eigenvalue weighted by Crippen LogP contribution is -2.07. The number of nitrogens with zero attached hydrogens (tertiary/aromatic N) is 1. The molecule has 0 saturated heterocycles. The molecular formula is C9H11NO3. The van der Waals surface area contributed by atoms with Crippen molar-refractivity contribution >= 4 is 12.2 Å². The van der Waals surface area contributed by atoms with Crippen LogP contribution < -0.4 is 0 Å². The summed E-state index contributed by atoms with van der Waals surface area (Å²) in [6.45, 7) is 2.18. The second-order valence-corrected chi connectivity index (χ2v) is 2.29. The Morgan fingerprint density at radius 3 is 3.23 bits per heavy atom. The fourth-order valence-corrected chi connectivity index (χ4v) is 0.782. The molecule has 0 aliphatic rings. The van der Waals surface area contributed by atoms with Gasteiger partial charge in [-0.05, 0) is 19.1 Å². The zero-order chi connectivity index (χ0) is 9.52. The van der Waals surface area contributed by atoms with Crippen LogP contribution in [0, 0.1) is 0 Å².